The highest BCUT2D eigenvalue weighted by molar-refractivity contribution is 9.10. The molecule has 2 aromatic rings. The molecule has 0 radical (unpaired) electrons. The Morgan fingerprint density at radius 2 is 2.19 bits per heavy atom. The predicted molar refractivity (Wildman–Crippen MR) is 91.4 cm³/mol. The Morgan fingerprint density at radius 1 is 1.33 bits per heavy atom. The number of benzene rings is 1. The van der Waals surface area contributed by atoms with Gasteiger partial charge in [-0.25, -0.2) is 4.98 Å². The van der Waals surface area contributed by atoms with Crippen molar-refractivity contribution < 1.29 is 4.79 Å². The number of aromatic nitrogens is 1. The number of rotatable bonds is 6. The van der Waals surface area contributed by atoms with Gasteiger partial charge in [0.25, 0.3) is 0 Å². The van der Waals surface area contributed by atoms with Crippen molar-refractivity contribution in [2.45, 2.75) is 17.9 Å². The molecule has 0 bridgehead atoms. The van der Waals surface area contributed by atoms with Crippen LogP contribution in [0.2, 0.25) is 0 Å². The van der Waals surface area contributed by atoms with Crippen LogP contribution in [0.25, 0.3) is 0 Å². The number of nitrogen functional groups attached to an aromatic ring is 1. The first kappa shape index (κ1) is 15.9. The molecule has 0 aliphatic rings. The number of nitrogens with two attached hydrogens (primary N) is 1. The average Bonchev–Trinajstić information content (AvgIpc) is 2.45. The number of nitrogens with zero attached hydrogens (tertiary/aromatic N) is 1. The van der Waals surface area contributed by atoms with Gasteiger partial charge >= 0.3 is 0 Å². The number of hydrogen-bond donors (Lipinski definition) is 2. The minimum absolute atomic E-state index is 0.00460. The van der Waals surface area contributed by atoms with Gasteiger partial charge in [-0.3, -0.25) is 4.79 Å². The smallest absolute Gasteiger partial charge is 0.224 e. The van der Waals surface area contributed by atoms with E-state index in [4.69, 9.17) is 5.73 Å². The topological polar surface area (TPSA) is 68.0 Å². The predicted octanol–water partition coefficient (Wildman–Crippen LogP) is 3.94. The van der Waals surface area contributed by atoms with Crippen LogP contribution < -0.4 is 11.1 Å². The maximum atomic E-state index is 11.8. The van der Waals surface area contributed by atoms with Crippen molar-refractivity contribution in [1.29, 1.82) is 0 Å². The van der Waals surface area contributed by atoms with E-state index in [1.807, 2.05) is 24.3 Å². The molecule has 2 rings (SSSR count). The normalized spacial score (nSPS) is 10.3. The van der Waals surface area contributed by atoms with Crippen LogP contribution in [0.5, 0.6) is 0 Å². The van der Waals surface area contributed by atoms with Crippen LogP contribution in [0.4, 0.5) is 11.4 Å². The van der Waals surface area contributed by atoms with Crippen LogP contribution in [0.15, 0.2) is 52.1 Å². The van der Waals surface area contributed by atoms with Gasteiger partial charge in [-0.1, -0.05) is 6.07 Å². The first-order valence-corrected chi connectivity index (χ1v) is 8.31. The van der Waals surface area contributed by atoms with E-state index in [9.17, 15) is 4.79 Å². The fraction of sp³-hybridized carbons (Fsp3) is 0.200. The molecular weight excluding hydrogens is 350 g/mol. The second-order valence-corrected chi connectivity index (χ2v) is 6.47. The summed E-state index contributed by atoms with van der Waals surface area (Å²) >= 11 is 5.00. The molecule has 6 heteroatoms. The summed E-state index contributed by atoms with van der Waals surface area (Å²) in [7, 11) is 0. The van der Waals surface area contributed by atoms with Crippen LogP contribution in [0.1, 0.15) is 12.8 Å². The third-order valence-electron chi connectivity index (χ3n) is 2.67. The van der Waals surface area contributed by atoms with E-state index < -0.39 is 0 Å². The van der Waals surface area contributed by atoms with Crippen molar-refractivity contribution in [2.75, 3.05) is 16.8 Å². The summed E-state index contributed by atoms with van der Waals surface area (Å²) in [6, 6.07) is 11.1. The molecule has 4 nitrogen and oxygen atoms in total. The summed E-state index contributed by atoms with van der Waals surface area (Å²) in [6.45, 7) is 0. The largest absolute Gasteiger partial charge is 0.399 e. The Kier molecular flexibility index (Phi) is 6.07. The number of nitrogens with one attached hydrogen (secondary N) is 1. The average molecular weight is 366 g/mol. The highest BCUT2D eigenvalue weighted by Gasteiger charge is 2.03. The zero-order valence-electron chi connectivity index (χ0n) is 11.4. The van der Waals surface area contributed by atoms with E-state index in [-0.39, 0.29) is 5.91 Å². The number of amides is 1. The zero-order valence-corrected chi connectivity index (χ0v) is 13.8. The second kappa shape index (κ2) is 8.05. The van der Waals surface area contributed by atoms with E-state index in [2.05, 4.69) is 26.2 Å². The molecule has 3 N–H and O–H groups in total. The molecule has 0 fully saturated rings. The third-order valence-corrected chi connectivity index (χ3v) is 4.17. The monoisotopic (exact) mass is 365 g/mol. The summed E-state index contributed by atoms with van der Waals surface area (Å²) in [4.78, 5) is 16.1. The van der Waals surface area contributed by atoms with Crippen molar-refractivity contribution in [1.82, 2.24) is 4.98 Å². The van der Waals surface area contributed by atoms with Gasteiger partial charge in [-0.05, 0) is 58.4 Å². The lowest BCUT2D eigenvalue weighted by Crippen LogP contribution is -2.11. The number of thioether (sulfide) groups is 1. The second-order valence-electron chi connectivity index (χ2n) is 4.44. The Balaban J connectivity index is 1.68. The van der Waals surface area contributed by atoms with Gasteiger partial charge in [-0.2, -0.15) is 0 Å². The maximum absolute atomic E-state index is 11.8. The minimum Gasteiger partial charge on any atom is -0.399 e. The zero-order chi connectivity index (χ0) is 15.1. The van der Waals surface area contributed by atoms with E-state index in [0.29, 0.717) is 12.1 Å². The molecule has 110 valence electrons. The van der Waals surface area contributed by atoms with Gasteiger partial charge in [0.05, 0.1) is 5.03 Å². The van der Waals surface area contributed by atoms with E-state index in [1.54, 1.807) is 30.1 Å². The number of pyridine rings is 1. The quantitative estimate of drug-likeness (QED) is 0.462. The maximum Gasteiger partial charge on any atom is 0.224 e. The van der Waals surface area contributed by atoms with Crippen molar-refractivity contribution in [2.24, 2.45) is 0 Å². The minimum atomic E-state index is 0.00460. The van der Waals surface area contributed by atoms with Gasteiger partial charge < -0.3 is 11.1 Å². The lowest BCUT2D eigenvalue weighted by molar-refractivity contribution is -0.116. The highest BCUT2D eigenvalue weighted by Crippen LogP contribution is 2.19. The molecule has 1 heterocycles. The molecule has 0 aliphatic heterocycles. The van der Waals surface area contributed by atoms with Gasteiger partial charge in [-0.15, -0.1) is 11.8 Å². The lowest BCUT2D eigenvalue weighted by atomic mass is 10.2. The molecule has 21 heavy (non-hydrogen) atoms. The number of carbonyl (C=O) groups is 1. The van der Waals surface area contributed by atoms with Gasteiger partial charge in [0.2, 0.25) is 5.91 Å². The van der Waals surface area contributed by atoms with Crippen LogP contribution in [-0.2, 0) is 4.79 Å². The van der Waals surface area contributed by atoms with E-state index in [0.717, 1.165) is 27.4 Å². The van der Waals surface area contributed by atoms with Crippen molar-refractivity contribution in [3.8, 4) is 0 Å². The first-order valence-electron chi connectivity index (χ1n) is 6.53. The number of hydrogen-bond acceptors (Lipinski definition) is 4. The molecular formula is C15H16BrN3OS. The molecule has 1 aromatic heterocycles. The van der Waals surface area contributed by atoms with Crippen LogP contribution in [0, 0.1) is 0 Å². The van der Waals surface area contributed by atoms with Crippen molar-refractivity contribution in [3.05, 3.63) is 47.1 Å². The van der Waals surface area contributed by atoms with Gasteiger partial charge in [0, 0.05) is 28.5 Å². The van der Waals surface area contributed by atoms with E-state index >= 15 is 0 Å². The fourth-order valence-electron chi connectivity index (χ4n) is 1.70. The Bertz CT molecular complexity index is 604. The highest BCUT2D eigenvalue weighted by atomic mass is 79.9. The van der Waals surface area contributed by atoms with Crippen LogP contribution >= 0.6 is 27.7 Å². The first-order chi connectivity index (χ1) is 10.1. The SMILES string of the molecule is Nc1cccc(NC(=O)CCCSc2ccc(Br)cn2)c1. The summed E-state index contributed by atoms with van der Waals surface area (Å²) < 4.78 is 0.966. The number of anilines is 2. The molecule has 1 amide bonds. The molecule has 0 saturated carbocycles. The number of carbonyl (C=O) groups excluding carboxylic acids is 1. The Labute approximate surface area is 136 Å². The lowest BCUT2D eigenvalue weighted by Gasteiger charge is -2.05. The number of halogens is 1. The molecule has 0 saturated heterocycles. The molecule has 0 aliphatic carbocycles. The standard InChI is InChI=1S/C15H16BrN3OS/c16-11-6-7-15(18-10-11)21-8-2-5-14(20)19-13-4-1-3-12(17)9-13/h1,3-4,6-7,9-10H,2,5,8,17H2,(H,19,20). The molecule has 0 unspecified atom stereocenters. The summed E-state index contributed by atoms with van der Waals surface area (Å²) in [5, 5.41) is 3.81. The Morgan fingerprint density at radius 3 is 2.90 bits per heavy atom. The molecule has 0 atom stereocenters. The molecule has 1 aromatic carbocycles. The van der Waals surface area contributed by atoms with Crippen molar-refractivity contribution >= 4 is 45.0 Å². The van der Waals surface area contributed by atoms with Gasteiger partial charge in [0.1, 0.15) is 0 Å². The van der Waals surface area contributed by atoms with Crippen LogP contribution in [0.3, 0.4) is 0 Å². The molecule has 0 spiro atoms. The van der Waals surface area contributed by atoms with Crippen LogP contribution in [-0.4, -0.2) is 16.6 Å². The van der Waals surface area contributed by atoms with Gasteiger partial charge in [0.15, 0.2) is 0 Å². The summed E-state index contributed by atoms with van der Waals surface area (Å²) in [6.07, 6.45) is 3.06. The Hall–Kier alpha value is -1.53. The fourth-order valence-corrected chi connectivity index (χ4v) is 2.72. The van der Waals surface area contributed by atoms with Crippen molar-refractivity contribution in [3.63, 3.8) is 0 Å². The summed E-state index contributed by atoms with van der Waals surface area (Å²) in [5.74, 6) is 0.865. The van der Waals surface area contributed by atoms with E-state index in [1.165, 1.54) is 0 Å². The third kappa shape index (κ3) is 5.77. The summed E-state index contributed by atoms with van der Waals surface area (Å²) in [5.41, 5.74) is 7.05.